The van der Waals surface area contributed by atoms with Gasteiger partial charge in [0, 0.05) is 12.5 Å². The first kappa shape index (κ1) is 13.4. The molecule has 3 N–H and O–H groups in total. The predicted molar refractivity (Wildman–Crippen MR) is 81.1 cm³/mol. The van der Waals surface area contributed by atoms with Gasteiger partial charge in [-0.15, -0.1) is 0 Å². The van der Waals surface area contributed by atoms with Gasteiger partial charge in [0.05, 0.1) is 13.2 Å². The number of hydrogen-bond acceptors (Lipinski definition) is 4. The molecule has 0 radical (unpaired) electrons. The molecule has 0 spiro atoms. The van der Waals surface area contributed by atoms with Crippen molar-refractivity contribution < 1.29 is 9.47 Å². The van der Waals surface area contributed by atoms with Gasteiger partial charge in [-0.2, -0.15) is 0 Å². The van der Waals surface area contributed by atoms with Crippen LogP contribution in [0.5, 0.6) is 11.5 Å². The molecule has 0 amide bonds. The minimum Gasteiger partial charge on any atom is -0.490 e. The Morgan fingerprint density at radius 3 is 2.43 bits per heavy atom. The van der Waals surface area contributed by atoms with Crippen molar-refractivity contribution in [3.63, 3.8) is 0 Å². The standard InChI is InChI=1S/C17H24N2O2/c18-19-17(16-12-4-1-2-5-13(12)16)11-6-7-14-15(10-11)21-9-3-8-20-14/h6-7,10,12-13,16-17,19H,1-5,8-9,18H2. The monoisotopic (exact) mass is 288 g/mol. The van der Waals surface area contributed by atoms with Crippen LogP contribution in [0.15, 0.2) is 18.2 Å². The zero-order valence-electron chi connectivity index (χ0n) is 12.4. The Kier molecular flexibility index (Phi) is 3.51. The van der Waals surface area contributed by atoms with Gasteiger partial charge < -0.3 is 9.47 Å². The Morgan fingerprint density at radius 1 is 1.00 bits per heavy atom. The normalized spacial score (nSPS) is 32.0. The van der Waals surface area contributed by atoms with E-state index in [1.165, 1.54) is 31.2 Å². The van der Waals surface area contributed by atoms with Crippen molar-refractivity contribution in [3.8, 4) is 11.5 Å². The Morgan fingerprint density at radius 2 is 1.71 bits per heavy atom. The second kappa shape index (κ2) is 5.50. The molecule has 2 saturated carbocycles. The third kappa shape index (κ3) is 2.40. The van der Waals surface area contributed by atoms with Crippen LogP contribution in [0.4, 0.5) is 0 Å². The molecule has 0 saturated heterocycles. The van der Waals surface area contributed by atoms with E-state index in [-0.39, 0.29) is 6.04 Å². The molecule has 1 aliphatic heterocycles. The summed E-state index contributed by atoms with van der Waals surface area (Å²) in [7, 11) is 0. The molecule has 4 rings (SSSR count). The van der Waals surface area contributed by atoms with E-state index in [1.807, 2.05) is 6.07 Å². The SMILES string of the molecule is NNC(c1ccc2c(c1)OCCCO2)C1C2CCCCC21. The lowest BCUT2D eigenvalue weighted by Crippen LogP contribution is -2.30. The van der Waals surface area contributed by atoms with Crippen LogP contribution >= 0.6 is 0 Å². The van der Waals surface area contributed by atoms with Crippen LogP contribution in [0.1, 0.15) is 43.7 Å². The van der Waals surface area contributed by atoms with E-state index >= 15 is 0 Å². The number of hydrogen-bond donors (Lipinski definition) is 2. The Balaban J connectivity index is 1.58. The largest absolute Gasteiger partial charge is 0.490 e. The van der Waals surface area contributed by atoms with E-state index in [1.54, 1.807) is 0 Å². The third-order valence-electron chi connectivity index (χ3n) is 5.42. The van der Waals surface area contributed by atoms with Gasteiger partial charge in [0.2, 0.25) is 0 Å². The highest BCUT2D eigenvalue weighted by atomic mass is 16.5. The molecular formula is C17H24N2O2. The summed E-state index contributed by atoms with van der Waals surface area (Å²) >= 11 is 0. The van der Waals surface area contributed by atoms with Gasteiger partial charge in [-0.1, -0.05) is 18.9 Å². The van der Waals surface area contributed by atoms with Crippen LogP contribution in [-0.2, 0) is 0 Å². The summed E-state index contributed by atoms with van der Waals surface area (Å²) in [5.74, 6) is 10.1. The zero-order valence-corrected chi connectivity index (χ0v) is 12.4. The van der Waals surface area contributed by atoms with Gasteiger partial charge in [-0.25, -0.2) is 0 Å². The van der Waals surface area contributed by atoms with Gasteiger partial charge in [0.15, 0.2) is 11.5 Å². The van der Waals surface area contributed by atoms with Crippen LogP contribution in [0.25, 0.3) is 0 Å². The van der Waals surface area contributed by atoms with Crippen molar-refractivity contribution in [1.29, 1.82) is 0 Å². The van der Waals surface area contributed by atoms with Crippen LogP contribution in [0, 0.1) is 17.8 Å². The van der Waals surface area contributed by atoms with Gasteiger partial charge in [-0.05, 0) is 48.3 Å². The van der Waals surface area contributed by atoms with Gasteiger partial charge in [0.1, 0.15) is 0 Å². The molecule has 3 unspecified atom stereocenters. The number of ether oxygens (including phenoxy) is 2. The lowest BCUT2D eigenvalue weighted by Gasteiger charge is -2.18. The molecule has 0 bridgehead atoms. The van der Waals surface area contributed by atoms with E-state index in [0.29, 0.717) is 5.92 Å². The fourth-order valence-corrected chi connectivity index (χ4v) is 4.35. The average Bonchev–Trinajstić information content (AvgIpc) is 3.27. The quantitative estimate of drug-likeness (QED) is 0.663. The molecule has 1 aromatic rings. The summed E-state index contributed by atoms with van der Waals surface area (Å²) in [4.78, 5) is 0. The molecular weight excluding hydrogens is 264 g/mol. The van der Waals surface area contributed by atoms with Crippen LogP contribution in [-0.4, -0.2) is 13.2 Å². The molecule has 0 aromatic heterocycles. The Bertz CT molecular complexity index is 508. The molecule has 1 aromatic carbocycles. The molecule has 21 heavy (non-hydrogen) atoms. The van der Waals surface area contributed by atoms with E-state index in [9.17, 15) is 0 Å². The summed E-state index contributed by atoms with van der Waals surface area (Å²) in [6.07, 6.45) is 6.46. The van der Waals surface area contributed by atoms with Crippen molar-refractivity contribution in [2.75, 3.05) is 13.2 Å². The second-order valence-electron chi connectivity index (χ2n) is 6.59. The second-order valence-corrected chi connectivity index (χ2v) is 6.59. The maximum atomic E-state index is 5.88. The summed E-state index contributed by atoms with van der Waals surface area (Å²) < 4.78 is 11.5. The zero-order chi connectivity index (χ0) is 14.2. The molecule has 2 fully saturated rings. The summed E-state index contributed by atoms with van der Waals surface area (Å²) in [5, 5.41) is 0. The van der Waals surface area contributed by atoms with Gasteiger partial charge in [0.25, 0.3) is 0 Å². The summed E-state index contributed by atoms with van der Waals surface area (Å²) in [5.41, 5.74) is 4.30. The predicted octanol–water partition coefficient (Wildman–Crippen LogP) is 2.79. The minimum absolute atomic E-state index is 0.246. The fourth-order valence-electron chi connectivity index (χ4n) is 4.35. The number of nitrogens with two attached hydrogens (primary N) is 1. The first-order valence-electron chi connectivity index (χ1n) is 8.24. The number of nitrogens with one attached hydrogen (secondary N) is 1. The number of benzene rings is 1. The van der Waals surface area contributed by atoms with Crippen LogP contribution in [0.3, 0.4) is 0 Å². The topological polar surface area (TPSA) is 56.5 Å². The number of rotatable bonds is 3. The fraction of sp³-hybridized carbons (Fsp3) is 0.647. The highest BCUT2D eigenvalue weighted by Gasteiger charge is 2.54. The summed E-state index contributed by atoms with van der Waals surface area (Å²) in [6, 6.07) is 6.54. The Hall–Kier alpha value is -1.26. The average molecular weight is 288 g/mol. The third-order valence-corrected chi connectivity index (χ3v) is 5.42. The molecule has 1 heterocycles. The van der Waals surface area contributed by atoms with Gasteiger partial charge >= 0.3 is 0 Å². The van der Waals surface area contributed by atoms with Gasteiger partial charge in [-0.3, -0.25) is 11.3 Å². The molecule has 114 valence electrons. The number of fused-ring (bicyclic) bond motifs is 2. The maximum absolute atomic E-state index is 5.88. The van der Waals surface area contributed by atoms with E-state index in [2.05, 4.69) is 17.6 Å². The molecule has 2 aliphatic carbocycles. The highest BCUT2D eigenvalue weighted by molar-refractivity contribution is 5.44. The maximum Gasteiger partial charge on any atom is 0.161 e. The molecule has 4 nitrogen and oxygen atoms in total. The van der Waals surface area contributed by atoms with Crippen LogP contribution in [0.2, 0.25) is 0 Å². The minimum atomic E-state index is 0.246. The van der Waals surface area contributed by atoms with E-state index in [4.69, 9.17) is 15.3 Å². The van der Waals surface area contributed by atoms with Crippen molar-refractivity contribution in [2.45, 2.75) is 38.1 Å². The van der Waals surface area contributed by atoms with Crippen molar-refractivity contribution in [3.05, 3.63) is 23.8 Å². The smallest absolute Gasteiger partial charge is 0.161 e. The lowest BCUT2D eigenvalue weighted by atomic mass is 10.00. The molecule has 3 atom stereocenters. The molecule has 4 heteroatoms. The Labute approximate surface area is 126 Å². The number of hydrazine groups is 1. The highest BCUT2D eigenvalue weighted by Crippen LogP contribution is 2.60. The van der Waals surface area contributed by atoms with Crippen molar-refractivity contribution in [1.82, 2.24) is 5.43 Å². The van der Waals surface area contributed by atoms with E-state index < -0.39 is 0 Å². The van der Waals surface area contributed by atoms with Crippen molar-refractivity contribution in [2.24, 2.45) is 23.6 Å². The van der Waals surface area contributed by atoms with E-state index in [0.717, 1.165) is 43.0 Å². The van der Waals surface area contributed by atoms with Crippen molar-refractivity contribution >= 4 is 0 Å². The first-order valence-corrected chi connectivity index (χ1v) is 8.24. The molecule has 3 aliphatic rings. The van der Waals surface area contributed by atoms with Crippen LogP contribution < -0.4 is 20.7 Å². The lowest BCUT2D eigenvalue weighted by molar-refractivity contribution is 0.297. The first-order chi connectivity index (χ1) is 10.4. The summed E-state index contributed by atoms with van der Waals surface area (Å²) in [6.45, 7) is 1.46.